The molecular weight excluding hydrogens is 320 g/mol. The summed E-state index contributed by atoms with van der Waals surface area (Å²) >= 11 is 5.51. The van der Waals surface area contributed by atoms with Gasteiger partial charge in [0.05, 0.1) is 4.47 Å². The molecule has 100 valence electrons. The monoisotopic (exact) mass is 336 g/mol. The second-order valence-electron chi connectivity index (χ2n) is 4.27. The van der Waals surface area contributed by atoms with Gasteiger partial charge in [-0.25, -0.2) is 0 Å². The Balaban J connectivity index is 2.15. The Labute approximate surface area is 127 Å². The van der Waals surface area contributed by atoms with E-state index in [-0.39, 0.29) is 0 Å². The van der Waals surface area contributed by atoms with E-state index in [1.807, 2.05) is 36.0 Å². The van der Waals surface area contributed by atoms with Gasteiger partial charge in [-0.15, -0.1) is 0 Å². The highest BCUT2D eigenvalue weighted by atomic mass is 79.9. The van der Waals surface area contributed by atoms with Crippen molar-refractivity contribution in [2.75, 3.05) is 5.75 Å². The van der Waals surface area contributed by atoms with Gasteiger partial charge in [0.15, 0.2) is 0 Å². The first-order valence-corrected chi connectivity index (χ1v) is 8.25. The van der Waals surface area contributed by atoms with E-state index in [2.05, 4.69) is 48.0 Å². The maximum Gasteiger partial charge on any atom is 0.141 e. The second kappa shape index (κ2) is 7.01. The Morgan fingerprint density at radius 3 is 2.58 bits per heavy atom. The van der Waals surface area contributed by atoms with Crippen LogP contribution in [0.3, 0.4) is 0 Å². The largest absolute Gasteiger partial charge is 0.456 e. The van der Waals surface area contributed by atoms with Crippen LogP contribution in [-0.2, 0) is 5.75 Å². The third-order valence-electron chi connectivity index (χ3n) is 2.78. The van der Waals surface area contributed by atoms with Crippen molar-refractivity contribution in [3.05, 3.63) is 58.1 Å². The first-order chi connectivity index (χ1) is 9.20. The molecule has 0 fully saturated rings. The number of rotatable bonds is 5. The summed E-state index contributed by atoms with van der Waals surface area (Å²) in [6.45, 7) is 4.23. The average Bonchev–Trinajstić information content (AvgIpc) is 2.41. The molecule has 0 heterocycles. The number of benzene rings is 2. The highest BCUT2D eigenvalue weighted by Crippen LogP contribution is 2.32. The van der Waals surface area contributed by atoms with Crippen molar-refractivity contribution in [1.82, 2.24) is 0 Å². The molecular formula is C16H17BrOS. The molecule has 0 aliphatic heterocycles. The highest BCUT2D eigenvalue weighted by Gasteiger charge is 2.05. The maximum atomic E-state index is 5.95. The van der Waals surface area contributed by atoms with E-state index in [1.165, 1.54) is 5.56 Å². The Morgan fingerprint density at radius 1 is 1.11 bits per heavy atom. The summed E-state index contributed by atoms with van der Waals surface area (Å²) < 4.78 is 6.95. The summed E-state index contributed by atoms with van der Waals surface area (Å²) in [6, 6.07) is 14.3. The third-order valence-corrected chi connectivity index (χ3v) is 4.35. The number of halogens is 1. The summed E-state index contributed by atoms with van der Waals surface area (Å²) in [4.78, 5) is 0. The second-order valence-corrected chi connectivity index (χ2v) is 6.40. The minimum atomic E-state index is 0.861. The summed E-state index contributed by atoms with van der Waals surface area (Å²) in [7, 11) is 0. The van der Waals surface area contributed by atoms with E-state index in [0.29, 0.717) is 0 Å². The molecule has 0 N–H and O–H groups in total. The first kappa shape index (κ1) is 14.5. The molecule has 0 spiro atoms. The molecule has 2 aromatic carbocycles. The van der Waals surface area contributed by atoms with Crippen LogP contribution in [-0.4, -0.2) is 5.75 Å². The molecule has 0 bridgehead atoms. The number of hydrogen-bond donors (Lipinski definition) is 0. The smallest absolute Gasteiger partial charge is 0.141 e. The standard InChI is InChI=1S/C16H17BrOS/c1-3-19-11-13-8-9-16(14(17)10-13)18-15-7-5-4-6-12(15)2/h4-10H,3,11H2,1-2H3. The quantitative estimate of drug-likeness (QED) is 0.681. The molecule has 2 aromatic rings. The van der Waals surface area contributed by atoms with Crippen molar-refractivity contribution in [2.24, 2.45) is 0 Å². The van der Waals surface area contributed by atoms with Gasteiger partial charge < -0.3 is 4.74 Å². The molecule has 3 heteroatoms. The van der Waals surface area contributed by atoms with Gasteiger partial charge in [0.2, 0.25) is 0 Å². The van der Waals surface area contributed by atoms with E-state index in [1.54, 1.807) is 0 Å². The summed E-state index contributed by atoms with van der Waals surface area (Å²) in [5, 5.41) is 0. The summed E-state index contributed by atoms with van der Waals surface area (Å²) in [5.74, 6) is 3.94. The normalized spacial score (nSPS) is 10.5. The minimum absolute atomic E-state index is 0.861. The van der Waals surface area contributed by atoms with Crippen LogP contribution in [0.15, 0.2) is 46.9 Å². The third kappa shape index (κ3) is 4.02. The molecule has 19 heavy (non-hydrogen) atoms. The first-order valence-electron chi connectivity index (χ1n) is 6.30. The van der Waals surface area contributed by atoms with Crippen LogP contribution < -0.4 is 4.74 Å². The van der Waals surface area contributed by atoms with Crippen LogP contribution in [0.2, 0.25) is 0 Å². The van der Waals surface area contributed by atoms with Gasteiger partial charge in [0, 0.05) is 5.75 Å². The fraction of sp³-hybridized carbons (Fsp3) is 0.250. The SMILES string of the molecule is CCSCc1ccc(Oc2ccccc2C)c(Br)c1. The fourth-order valence-electron chi connectivity index (χ4n) is 1.73. The summed E-state index contributed by atoms with van der Waals surface area (Å²) in [5.41, 5.74) is 2.45. The molecule has 0 amide bonds. The zero-order valence-electron chi connectivity index (χ0n) is 11.2. The highest BCUT2D eigenvalue weighted by molar-refractivity contribution is 9.10. The number of hydrogen-bond acceptors (Lipinski definition) is 2. The lowest BCUT2D eigenvalue weighted by Gasteiger charge is -2.11. The molecule has 0 radical (unpaired) electrons. The van der Waals surface area contributed by atoms with Crippen molar-refractivity contribution in [1.29, 1.82) is 0 Å². The van der Waals surface area contributed by atoms with Gasteiger partial charge >= 0.3 is 0 Å². The number of aryl methyl sites for hydroxylation is 1. The Kier molecular flexibility index (Phi) is 5.34. The molecule has 0 saturated carbocycles. The Bertz CT molecular complexity index is 554. The van der Waals surface area contributed by atoms with Crippen molar-refractivity contribution >= 4 is 27.7 Å². The van der Waals surface area contributed by atoms with Gasteiger partial charge in [0.1, 0.15) is 11.5 Å². The van der Waals surface area contributed by atoms with Crippen LogP contribution in [0.4, 0.5) is 0 Å². The molecule has 2 rings (SSSR count). The number of para-hydroxylation sites is 1. The van der Waals surface area contributed by atoms with Crippen LogP contribution in [0.1, 0.15) is 18.1 Å². The zero-order valence-corrected chi connectivity index (χ0v) is 13.6. The zero-order chi connectivity index (χ0) is 13.7. The van der Waals surface area contributed by atoms with Gasteiger partial charge in [-0.05, 0) is 57.9 Å². The lowest BCUT2D eigenvalue weighted by molar-refractivity contribution is 0.476. The van der Waals surface area contributed by atoms with E-state index < -0.39 is 0 Å². The average molecular weight is 337 g/mol. The predicted molar refractivity (Wildman–Crippen MR) is 87.2 cm³/mol. The Morgan fingerprint density at radius 2 is 1.89 bits per heavy atom. The van der Waals surface area contributed by atoms with Crippen LogP contribution in [0, 0.1) is 6.92 Å². The molecule has 0 unspecified atom stereocenters. The molecule has 0 saturated heterocycles. The lowest BCUT2D eigenvalue weighted by Crippen LogP contribution is -1.89. The van der Waals surface area contributed by atoms with Gasteiger partial charge in [-0.3, -0.25) is 0 Å². The number of thioether (sulfide) groups is 1. The van der Waals surface area contributed by atoms with E-state index in [4.69, 9.17) is 4.74 Å². The van der Waals surface area contributed by atoms with Crippen LogP contribution >= 0.6 is 27.7 Å². The molecule has 0 aromatic heterocycles. The summed E-state index contributed by atoms with van der Waals surface area (Å²) in [6.07, 6.45) is 0. The van der Waals surface area contributed by atoms with Crippen molar-refractivity contribution in [3.63, 3.8) is 0 Å². The molecule has 0 atom stereocenters. The van der Waals surface area contributed by atoms with E-state index in [9.17, 15) is 0 Å². The molecule has 0 aliphatic rings. The van der Waals surface area contributed by atoms with Crippen LogP contribution in [0.5, 0.6) is 11.5 Å². The van der Waals surface area contributed by atoms with Gasteiger partial charge in [-0.1, -0.05) is 31.2 Å². The maximum absolute atomic E-state index is 5.95. The topological polar surface area (TPSA) is 9.23 Å². The van der Waals surface area contributed by atoms with Crippen molar-refractivity contribution < 1.29 is 4.74 Å². The fourth-order valence-corrected chi connectivity index (χ4v) is 2.85. The number of ether oxygens (including phenoxy) is 1. The molecule has 1 nitrogen and oxygen atoms in total. The Hall–Kier alpha value is -0.930. The van der Waals surface area contributed by atoms with Crippen LogP contribution in [0.25, 0.3) is 0 Å². The minimum Gasteiger partial charge on any atom is -0.456 e. The van der Waals surface area contributed by atoms with Crippen molar-refractivity contribution in [3.8, 4) is 11.5 Å². The van der Waals surface area contributed by atoms with Gasteiger partial charge in [-0.2, -0.15) is 11.8 Å². The predicted octanol–water partition coefficient (Wildman–Crippen LogP) is 5.80. The lowest BCUT2D eigenvalue weighted by atomic mass is 10.2. The van der Waals surface area contributed by atoms with Crippen molar-refractivity contribution in [2.45, 2.75) is 19.6 Å². The van der Waals surface area contributed by atoms with Gasteiger partial charge in [0.25, 0.3) is 0 Å². The van der Waals surface area contributed by atoms with E-state index >= 15 is 0 Å². The molecule has 0 aliphatic carbocycles. The van der Waals surface area contributed by atoms with E-state index in [0.717, 1.165) is 33.0 Å².